The molecule has 21 heavy (non-hydrogen) atoms. The van der Waals surface area contributed by atoms with Crippen LogP contribution in [-0.4, -0.2) is 19.3 Å². The number of hydrogen-bond acceptors (Lipinski definition) is 3. The lowest BCUT2D eigenvalue weighted by molar-refractivity contribution is 0.178. The van der Waals surface area contributed by atoms with Gasteiger partial charge < -0.3 is 14.6 Å². The highest BCUT2D eigenvalue weighted by Gasteiger charge is 2.16. The lowest BCUT2D eigenvalue weighted by Crippen LogP contribution is -2.03. The Labute approximate surface area is 130 Å². The third-order valence-corrected chi connectivity index (χ3v) is 3.67. The molecule has 0 aromatic heterocycles. The number of hydrogen-bond donors (Lipinski definition) is 1. The zero-order chi connectivity index (χ0) is 15.4. The number of rotatable bonds is 5. The van der Waals surface area contributed by atoms with E-state index in [9.17, 15) is 5.11 Å². The van der Waals surface area contributed by atoms with E-state index in [2.05, 4.69) is 0 Å². The van der Waals surface area contributed by atoms with E-state index in [0.29, 0.717) is 28.5 Å². The Kier molecular flexibility index (Phi) is 5.10. The predicted octanol–water partition coefficient (Wildman–Crippen LogP) is 3.94. The van der Waals surface area contributed by atoms with Crippen molar-refractivity contribution in [1.29, 1.82) is 0 Å². The average Bonchev–Trinajstić information content (AvgIpc) is 2.48. The van der Waals surface area contributed by atoms with E-state index in [-0.39, 0.29) is 0 Å². The standard InChI is InChI=1S/C17H19ClO3/c1-11-4-6-12(7-5-11)8-15(19)13-9-14(18)17(21-3)16(10-13)20-2/h4-7,9-10,15,19H,8H2,1-3H3. The Morgan fingerprint density at radius 2 is 1.76 bits per heavy atom. The Hall–Kier alpha value is -1.71. The van der Waals surface area contributed by atoms with E-state index in [4.69, 9.17) is 21.1 Å². The maximum Gasteiger partial charge on any atom is 0.179 e. The fourth-order valence-corrected chi connectivity index (χ4v) is 2.49. The van der Waals surface area contributed by atoms with Crippen LogP contribution in [0.25, 0.3) is 0 Å². The second kappa shape index (κ2) is 6.83. The minimum absolute atomic E-state index is 0.426. The Morgan fingerprint density at radius 1 is 1.10 bits per heavy atom. The normalized spacial score (nSPS) is 12.0. The molecule has 0 aliphatic rings. The van der Waals surface area contributed by atoms with Crippen LogP contribution in [0.4, 0.5) is 0 Å². The molecule has 112 valence electrons. The van der Waals surface area contributed by atoms with Gasteiger partial charge in [0.05, 0.1) is 25.3 Å². The van der Waals surface area contributed by atoms with Gasteiger partial charge in [0.2, 0.25) is 0 Å². The first-order chi connectivity index (χ1) is 10.0. The van der Waals surface area contributed by atoms with Crippen molar-refractivity contribution in [1.82, 2.24) is 0 Å². The van der Waals surface area contributed by atoms with Gasteiger partial charge in [-0.05, 0) is 30.2 Å². The van der Waals surface area contributed by atoms with Gasteiger partial charge in [-0.2, -0.15) is 0 Å². The average molecular weight is 307 g/mol. The smallest absolute Gasteiger partial charge is 0.179 e. The zero-order valence-electron chi connectivity index (χ0n) is 12.4. The molecule has 1 N–H and O–H groups in total. The summed E-state index contributed by atoms with van der Waals surface area (Å²) in [6.07, 6.45) is -0.128. The van der Waals surface area contributed by atoms with Crippen LogP contribution in [-0.2, 0) is 6.42 Å². The molecule has 0 bridgehead atoms. The minimum Gasteiger partial charge on any atom is -0.493 e. The summed E-state index contributed by atoms with van der Waals surface area (Å²) in [6.45, 7) is 2.04. The molecule has 0 radical (unpaired) electrons. The fraction of sp³-hybridized carbons (Fsp3) is 0.294. The fourth-order valence-electron chi connectivity index (χ4n) is 2.20. The van der Waals surface area contributed by atoms with Crippen LogP contribution >= 0.6 is 11.6 Å². The van der Waals surface area contributed by atoms with Gasteiger partial charge in [0.25, 0.3) is 0 Å². The van der Waals surface area contributed by atoms with Crippen LogP contribution in [0.15, 0.2) is 36.4 Å². The molecule has 1 unspecified atom stereocenters. The highest BCUT2D eigenvalue weighted by Crippen LogP contribution is 2.38. The van der Waals surface area contributed by atoms with Crippen LogP contribution in [0.1, 0.15) is 22.8 Å². The summed E-state index contributed by atoms with van der Waals surface area (Å²) in [4.78, 5) is 0. The molecule has 4 heteroatoms. The molecular weight excluding hydrogens is 288 g/mol. The van der Waals surface area contributed by atoms with E-state index < -0.39 is 6.10 Å². The molecule has 0 aliphatic carbocycles. The van der Waals surface area contributed by atoms with E-state index in [1.54, 1.807) is 19.2 Å². The molecule has 3 nitrogen and oxygen atoms in total. The number of halogens is 1. The van der Waals surface area contributed by atoms with Gasteiger partial charge in [-0.1, -0.05) is 41.4 Å². The molecule has 0 aliphatic heterocycles. The molecular formula is C17H19ClO3. The molecule has 0 fully saturated rings. The van der Waals surface area contributed by atoms with Crippen molar-refractivity contribution in [3.05, 3.63) is 58.1 Å². The van der Waals surface area contributed by atoms with Gasteiger partial charge in [-0.3, -0.25) is 0 Å². The largest absolute Gasteiger partial charge is 0.493 e. The van der Waals surface area contributed by atoms with Crippen molar-refractivity contribution < 1.29 is 14.6 Å². The number of aryl methyl sites for hydroxylation is 1. The molecule has 0 heterocycles. The molecule has 2 rings (SSSR count). The third-order valence-electron chi connectivity index (χ3n) is 3.39. The lowest BCUT2D eigenvalue weighted by Gasteiger charge is -2.16. The molecule has 1 atom stereocenters. The minimum atomic E-state index is -0.648. The topological polar surface area (TPSA) is 38.7 Å². The molecule has 0 amide bonds. The first-order valence-electron chi connectivity index (χ1n) is 6.70. The van der Waals surface area contributed by atoms with Gasteiger partial charge in [-0.25, -0.2) is 0 Å². The monoisotopic (exact) mass is 306 g/mol. The van der Waals surface area contributed by atoms with E-state index in [0.717, 1.165) is 5.56 Å². The first-order valence-corrected chi connectivity index (χ1v) is 7.08. The first kappa shape index (κ1) is 15.7. The maximum atomic E-state index is 10.4. The van der Waals surface area contributed by atoms with Crippen molar-refractivity contribution in [3.63, 3.8) is 0 Å². The van der Waals surface area contributed by atoms with Gasteiger partial charge in [0, 0.05) is 6.42 Å². The van der Waals surface area contributed by atoms with Crippen molar-refractivity contribution >= 4 is 11.6 Å². The highest BCUT2D eigenvalue weighted by molar-refractivity contribution is 6.32. The number of ether oxygens (including phenoxy) is 2. The van der Waals surface area contributed by atoms with Crippen LogP contribution in [0.2, 0.25) is 5.02 Å². The zero-order valence-corrected chi connectivity index (χ0v) is 13.1. The molecule has 0 spiro atoms. The van der Waals surface area contributed by atoms with Crippen molar-refractivity contribution in [2.45, 2.75) is 19.4 Å². The summed E-state index contributed by atoms with van der Waals surface area (Å²) in [5, 5.41) is 10.8. The maximum absolute atomic E-state index is 10.4. The number of benzene rings is 2. The summed E-state index contributed by atoms with van der Waals surface area (Å²) >= 11 is 6.17. The summed E-state index contributed by atoms with van der Waals surface area (Å²) in [6, 6.07) is 11.6. The van der Waals surface area contributed by atoms with E-state index in [1.807, 2.05) is 31.2 Å². The second-order valence-electron chi connectivity index (χ2n) is 4.94. The number of methoxy groups -OCH3 is 2. The van der Waals surface area contributed by atoms with Crippen LogP contribution < -0.4 is 9.47 Å². The van der Waals surface area contributed by atoms with Crippen LogP contribution in [0.3, 0.4) is 0 Å². The van der Waals surface area contributed by atoms with Crippen LogP contribution in [0, 0.1) is 6.92 Å². The summed E-state index contributed by atoms with van der Waals surface area (Å²) < 4.78 is 10.4. The Bertz CT molecular complexity index is 608. The molecule has 2 aromatic carbocycles. The molecule has 0 saturated carbocycles. The second-order valence-corrected chi connectivity index (χ2v) is 5.35. The Balaban J connectivity index is 2.24. The summed E-state index contributed by atoms with van der Waals surface area (Å²) in [7, 11) is 3.08. The summed E-state index contributed by atoms with van der Waals surface area (Å²) in [5.41, 5.74) is 2.97. The lowest BCUT2D eigenvalue weighted by atomic mass is 10.0. The van der Waals surface area contributed by atoms with Crippen molar-refractivity contribution in [2.24, 2.45) is 0 Å². The third kappa shape index (κ3) is 3.69. The van der Waals surface area contributed by atoms with Gasteiger partial charge >= 0.3 is 0 Å². The molecule has 2 aromatic rings. The highest BCUT2D eigenvalue weighted by atomic mass is 35.5. The van der Waals surface area contributed by atoms with Crippen LogP contribution in [0.5, 0.6) is 11.5 Å². The quantitative estimate of drug-likeness (QED) is 0.909. The van der Waals surface area contributed by atoms with Crippen molar-refractivity contribution in [3.8, 4) is 11.5 Å². The number of aliphatic hydroxyl groups is 1. The van der Waals surface area contributed by atoms with E-state index >= 15 is 0 Å². The van der Waals surface area contributed by atoms with Gasteiger partial charge in [-0.15, -0.1) is 0 Å². The summed E-state index contributed by atoms with van der Waals surface area (Å²) in [5.74, 6) is 0.994. The van der Waals surface area contributed by atoms with E-state index in [1.165, 1.54) is 12.7 Å². The van der Waals surface area contributed by atoms with Crippen molar-refractivity contribution in [2.75, 3.05) is 14.2 Å². The molecule has 0 saturated heterocycles. The predicted molar refractivity (Wildman–Crippen MR) is 84.4 cm³/mol. The van der Waals surface area contributed by atoms with Gasteiger partial charge in [0.1, 0.15) is 0 Å². The Morgan fingerprint density at radius 3 is 2.33 bits per heavy atom. The number of aliphatic hydroxyl groups excluding tert-OH is 1. The SMILES string of the molecule is COc1cc(C(O)Cc2ccc(C)cc2)cc(Cl)c1OC. The van der Waals surface area contributed by atoms with Gasteiger partial charge in [0.15, 0.2) is 11.5 Å².